The molecule has 0 unspecified atom stereocenters. The second kappa shape index (κ2) is 10.0. The number of carboxylic acid groups (broad SMARTS) is 1. The Morgan fingerprint density at radius 3 is 2.56 bits per heavy atom. The number of rotatable bonds is 4. The van der Waals surface area contributed by atoms with E-state index in [0.29, 0.717) is 12.0 Å². The van der Waals surface area contributed by atoms with Crippen LogP contribution in [0.25, 0.3) is 21.8 Å². The minimum atomic E-state index is -0.250. The van der Waals surface area contributed by atoms with Gasteiger partial charge in [-0.25, -0.2) is 15.0 Å². The molecule has 0 aliphatic carbocycles. The smallest absolute Gasteiger partial charge is 0.290 e. The second-order valence-corrected chi connectivity index (χ2v) is 7.70. The maximum atomic E-state index is 8.36. The van der Waals surface area contributed by atoms with Crippen molar-refractivity contribution in [1.29, 1.82) is 0 Å². The highest BCUT2D eigenvalue weighted by atomic mass is 16.3. The second-order valence-electron chi connectivity index (χ2n) is 7.70. The van der Waals surface area contributed by atoms with Crippen LogP contribution in [0.2, 0.25) is 0 Å². The highest BCUT2D eigenvalue weighted by Crippen LogP contribution is 2.30. The minimum Gasteiger partial charge on any atom is -0.483 e. The number of hydrogen-bond acceptors (Lipinski definition) is 7. The monoisotopic (exact) mass is 430 g/mol. The molecule has 2 aromatic heterocycles. The molecule has 1 saturated heterocycles. The lowest BCUT2D eigenvalue weighted by Crippen LogP contribution is -2.35. The van der Waals surface area contributed by atoms with E-state index in [-0.39, 0.29) is 6.47 Å². The summed E-state index contributed by atoms with van der Waals surface area (Å²) in [5, 5.41) is 19.3. The molecule has 3 heterocycles. The highest BCUT2D eigenvalue weighted by molar-refractivity contribution is 6.08. The van der Waals surface area contributed by atoms with Gasteiger partial charge in [-0.05, 0) is 56.6 Å². The molecule has 1 aliphatic rings. The summed E-state index contributed by atoms with van der Waals surface area (Å²) in [6, 6.07) is 16.8. The largest absolute Gasteiger partial charge is 0.483 e. The molecule has 2 aromatic carbocycles. The molecule has 0 saturated carbocycles. The van der Waals surface area contributed by atoms with Crippen molar-refractivity contribution < 1.29 is 9.90 Å². The zero-order valence-electron chi connectivity index (χ0n) is 17.9. The molecule has 4 N–H and O–H groups in total. The lowest BCUT2D eigenvalue weighted by atomic mass is 10.1. The first-order chi connectivity index (χ1) is 15.7. The summed E-state index contributed by atoms with van der Waals surface area (Å²) in [4.78, 5) is 22.8. The molecule has 4 aromatic rings. The zero-order valence-corrected chi connectivity index (χ0v) is 17.9. The Bertz CT molecular complexity index is 1210. The van der Waals surface area contributed by atoms with Gasteiger partial charge >= 0.3 is 0 Å². The Labute approximate surface area is 186 Å². The molecule has 0 radical (unpaired) electrons. The number of fused-ring (bicyclic) bond motifs is 3. The van der Waals surface area contributed by atoms with Crippen molar-refractivity contribution in [1.82, 2.24) is 20.3 Å². The predicted molar refractivity (Wildman–Crippen MR) is 128 cm³/mol. The number of anilines is 3. The van der Waals surface area contributed by atoms with Crippen molar-refractivity contribution >= 4 is 45.7 Å². The van der Waals surface area contributed by atoms with Crippen LogP contribution in [0.3, 0.4) is 0 Å². The van der Waals surface area contributed by atoms with Gasteiger partial charge < -0.3 is 21.1 Å². The number of benzene rings is 2. The van der Waals surface area contributed by atoms with Gasteiger partial charge in [0.1, 0.15) is 5.52 Å². The fraction of sp³-hybridized carbons (Fsp3) is 0.250. The number of aromatic nitrogens is 3. The molecular formula is C24H26N6O2. The lowest BCUT2D eigenvalue weighted by molar-refractivity contribution is -0.122. The van der Waals surface area contributed by atoms with Crippen molar-refractivity contribution in [2.75, 3.05) is 23.7 Å². The van der Waals surface area contributed by atoms with Crippen molar-refractivity contribution in [3.63, 3.8) is 0 Å². The van der Waals surface area contributed by atoms with Crippen molar-refractivity contribution in [2.24, 2.45) is 0 Å². The van der Waals surface area contributed by atoms with E-state index in [1.54, 1.807) is 0 Å². The molecular weight excluding hydrogens is 404 g/mol. The van der Waals surface area contributed by atoms with Gasteiger partial charge in [0.15, 0.2) is 5.82 Å². The van der Waals surface area contributed by atoms with E-state index in [2.05, 4.69) is 46.1 Å². The summed E-state index contributed by atoms with van der Waals surface area (Å²) < 4.78 is 0. The van der Waals surface area contributed by atoms with E-state index >= 15 is 0 Å². The van der Waals surface area contributed by atoms with Gasteiger partial charge in [0, 0.05) is 28.7 Å². The highest BCUT2D eigenvalue weighted by Gasteiger charge is 2.16. The Hall–Kier alpha value is -3.78. The summed E-state index contributed by atoms with van der Waals surface area (Å²) in [6.07, 6.45) is 4.07. The van der Waals surface area contributed by atoms with Crippen LogP contribution in [-0.4, -0.2) is 45.7 Å². The maximum absolute atomic E-state index is 8.36. The van der Waals surface area contributed by atoms with Crippen molar-refractivity contribution in [3.8, 4) is 0 Å². The maximum Gasteiger partial charge on any atom is 0.290 e. The first kappa shape index (κ1) is 21.5. The van der Waals surface area contributed by atoms with Crippen LogP contribution in [0.5, 0.6) is 0 Å². The lowest BCUT2D eigenvalue weighted by Gasteiger charge is -2.23. The van der Waals surface area contributed by atoms with Crippen LogP contribution in [0, 0.1) is 6.92 Å². The van der Waals surface area contributed by atoms with Gasteiger partial charge in [-0.15, -0.1) is 0 Å². The third-order valence-electron chi connectivity index (χ3n) is 5.40. The molecule has 1 aliphatic heterocycles. The number of hydrogen-bond donors (Lipinski definition) is 4. The van der Waals surface area contributed by atoms with Crippen LogP contribution in [-0.2, 0) is 4.79 Å². The fourth-order valence-electron chi connectivity index (χ4n) is 3.86. The average Bonchev–Trinajstić information content (AvgIpc) is 2.81. The Morgan fingerprint density at radius 2 is 1.81 bits per heavy atom. The number of para-hydroxylation sites is 1. The predicted octanol–water partition coefficient (Wildman–Crippen LogP) is 4.09. The van der Waals surface area contributed by atoms with Gasteiger partial charge in [0.25, 0.3) is 6.47 Å². The van der Waals surface area contributed by atoms with E-state index in [0.717, 1.165) is 59.2 Å². The zero-order chi connectivity index (χ0) is 22.3. The fourth-order valence-corrected chi connectivity index (χ4v) is 3.86. The standard InChI is InChI=1S/C23H24N6.CH2O2/c1-15-7-8-18-19-14-25-23(27-17-9-11-24-12-10-17)29-21(19)22(28-20(18)13-15)26-16-5-3-2-4-6-16;2-1-3/h2-8,13-14,17,24H,9-12H2,1H3,(H,26,28)(H,25,27,29);1H,(H,2,3). The van der Waals surface area contributed by atoms with Gasteiger partial charge in [-0.1, -0.05) is 30.3 Å². The Kier molecular flexibility index (Phi) is 6.72. The summed E-state index contributed by atoms with van der Waals surface area (Å²) in [5.74, 6) is 1.41. The number of nitrogens with zero attached hydrogens (tertiary/aromatic N) is 3. The first-order valence-corrected chi connectivity index (χ1v) is 10.6. The molecule has 0 amide bonds. The minimum absolute atomic E-state index is 0.250. The topological polar surface area (TPSA) is 112 Å². The molecule has 0 atom stereocenters. The quantitative estimate of drug-likeness (QED) is 0.283. The molecule has 164 valence electrons. The molecule has 8 nitrogen and oxygen atoms in total. The van der Waals surface area contributed by atoms with Crippen LogP contribution >= 0.6 is 0 Å². The van der Waals surface area contributed by atoms with Gasteiger partial charge in [0.05, 0.1) is 5.52 Å². The third-order valence-corrected chi connectivity index (χ3v) is 5.40. The Morgan fingerprint density at radius 1 is 1.06 bits per heavy atom. The third kappa shape index (κ3) is 4.92. The number of pyridine rings is 1. The number of carbonyl (C=O) groups is 1. The number of aryl methyl sites for hydroxylation is 1. The summed E-state index contributed by atoms with van der Waals surface area (Å²) in [5.41, 5.74) is 3.94. The first-order valence-electron chi connectivity index (χ1n) is 10.6. The van der Waals surface area contributed by atoms with Crippen LogP contribution < -0.4 is 16.0 Å². The van der Waals surface area contributed by atoms with Gasteiger partial charge in [0.2, 0.25) is 5.95 Å². The SMILES string of the molecule is Cc1ccc2c(c1)nc(Nc1ccccc1)c1nc(NC3CCNCC3)ncc12.O=CO. The van der Waals surface area contributed by atoms with Crippen molar-refractivity contribution in [3.05, 3.63) is 60.3 Å². The van der Waals surface area contributed by atoms with Gasteiger partial charge in [-0.3, -0.25) is 4.79 Å². The van der Waals surface area contributed by atoms with E-state index in [1.807, 2.05) is 36.5 Å². The molecule has 32 heavy (non-hydrogen) atoms. The molecule has 0 bridgehead atoms. The van der Waals surface area contributed by atoms with Gasteiger partial charge in [-0.2, -0.15) is 0 Å². The van der Waals surface area contributed by atoms with E-state index in [9.17, 15) is 0 Å². The summed E-state index contributed by atoms with van der Waals surface area (Å²) in [6.45, 7) is 3.88. The van der Waals surface area contributed by atoms with E-state index < -0.39 is 0 Å². The molecule has 5 rings (SSSR count). The Balaban J connectivity index is 0.000000775. The normalized spacial score (nSPS) is 13.9. The van der Waals surface area contributed by atoms with Crippen molar-refractivity contribution in [2.45, 2.75) is 25.8 Å². The van der Waals surface area contributed by atoms with E-state index in [4.69, 9.17) is 19.9 Å². The summed E-state index contributed by atoms with van der Waals surface area (Å²) >= 11 is 0. The van der Waals surface area contributed by atoms with Crippen LogP contribution in [0.1, 0.15) is 18.4 Å². The number of piperidine rings is 1. The summed E-state index contributed by atoms with van der Waals surface area (Å²) in [7, 11) is 0. The van der Waals surface area contributed by atoms with Crippen LogP contribution in [0.4, 0.5) is 17.5 Å². The number of nitrogens with one attached hydrogen (secondary N) is 3. The molecule has 0 spiro atoms. The molecule has 1 fully saturated rings. The van der Waals surface area contributed by atoms with Crippen LogP contribution in [0.15, 0.2) is 54.7 Å². The van der Waals surface area contributed by atoms with E-state index in [1.165, 1.54) is 5.56 Å². The molecule has 8 heteroatoms. The average molecular weight is 431 g/mol.